The molecule has 0 aliphatic carbocycles. The first kappa shape index (κ1) is 17.4. The van der Waals surface area contributed by atoms with Crippen LogP contribution in [0, 0.1) is 0 Å². The Hall–Kier alpha value is -0.610. The van der Waals surface area contributed by atoms with Gasteiger partial charge in [-0.1, -0.05) is 6.92 Å². The standard InChI is InChI=1S/C14H28O4/c1-7-8-13(15)18-12(3)9-16-11(2)10-17-14(4,5)6/h11-12H,7-10H2,1-6H3. The summed E-state index contributed by atoms with van der Waals surface area (Å²) < 4.78 is 16.4. The molecule has 0 amide bonds. The van der Waals surface area contributed by atoms with Gasteiger partial charge in [0.2, 0.25) is 0 Å². The van der Waals surface area contributed by atoms with Gasteiger partial charge in [-0.05, 0) is 41.0 Å². The van der Waals surface area contributed by atoms with Gasteiger partial charge in [-0.25, -0.2) is 0 Å². The Morgan fingerprint density at radius 2 is 1.72 bits per heavy atom. The summed E-state index contributed by atoms with van der Waals surface area (Å²) >= 11 is 0. The summed E-state index contributed by atoms with van der Waals surface area (Å²) in [6, 6.07) is 0. The van der Waals surface area contributed by atoms with Gasteiger partial charge in [-0.3, -0.25) is 4.79 Å². The van der Waals surface area contributed by atoms with Crippen molar-refractivity contribution < 1.29 is 19.0 Å². The van der Waals surface area contributed by atoms with Crippen LogP contribution in [0.1, 0.15) is 54.4 Å². The third kappa shape index (κ3) is 10.5. The maximum atomic E-state index is 11.3. The fraction of sp³-hybridized carbons (Fsp3) is 0.929. The molecule has 0 aromatic carbocycles. The molecular formula is C14H28O4. The molecule has 0 aliphatic heterocycles. The summed E-state index contributed by atoms with van der Waals surface area (Å²) in [5.74, 6) is -0.160. The lowest BCUT2D eigenvalue weighted by molar-refractivity contribution is -0.153. The van der Waals surface area contributed by atoms with E-state index in [9.17, 15) is 4.79 Å². The highest BCUT2D eigenvalue weighted by Gasteiger charge is 2.14. The van der Waals surface area contributed by atoms with Crippen LogP contribution in [-0.2, 0) is 19.0 Å². The van der Waals surface area contributed by atoms with E-state index in [-0.39, 0.29) is 23.8 Å². The van der Waals surface area contributed by atoms with Crippen LogP contribution in [0.5, 0.6) is 0 Å². The third-order valence-corrected chi connectivity index (χ3v) is 2.15. The molecule has 4 heteroatoms. The summed E-state index contributed by atoms with van der Waals surface area (Å²) in [5.41, 5.74) is -0.156. The Bertz CT molecular complexity index is 232. The maximum Gasteiger partial charge on any atom is 0.306 e. The molecule has 0 spiro atoms. The number of hydrogen-bond donors (Lipinski definition) is 0. The van der Waals surface area contributed by atoms with Crippen molar-refractivity contribution in [3.63, 3.8) is 0 Å². The largest absolute Gasteiger partial charge is 0.460 e. The number of rotatable bonds is 8. The quantitative estimate of drug-likeness (QED) is 0.629. The number of hydrogen-bond acceptors (Lipinski definition) is 4. The van der Waals surface area contributed by atoms with Crippen molar-refractivity contribution in [2.24, 2.45) is 0 Å². The summed E-state index contributed by atoms with van der Waals surface area (Å²) in [6.45, 7) is 12.7. The number of esters is 1. The monoisotopic (exact) mass is 260 g/mol. The molecule has 0 fully saturated rings. The van der Waals surface area contributed by atoms with Crippen molar-refractivity contribution in [3.05, 3.63) is 0 Å². The minimum absolute atomic E-state index is 0.00319. The normalized spacial score (nSPS) is 15.2. The van der Waals surface area contributed by atoms with E-state index in [2.05, 4.69) is 0 Å². The molecule has 0 N–H and O–H groups in total. The van der Waals surface area contributed by atoms with Gasteiger partial charge < -0.3 is 14.2 Å². The van der Waals surface area contributed by atoms with E-state index in [1.165, 1.54) is 0 Å². The van der Waals surface area contributed by atoms with Crippen LogP contribution < -0.4 is 0 Å². The molecule has 0 rings (SSSR count). The van der Waals surface area contributed by atoms with Gasteiger partial charge in [0.25, 0.3) is 0 Å². The highest BCUT2D eigenvalue weighted by Crippen LogP contribution is 2.08. The molecular weight excluding hydrogens is 232 g/mol. The molecule has 0 saturated heterocycles. The van der Waals surface area contributed by atoms with Crippen molar-refractivity contribution in [1.29, 1.82) is 0 Å². The molecule has 0 radical (unpaired) electrons. The summed E-state index contributed by atoms with van der Waals surface area (Å²) in [7, 11) is 0. The van der Waals surface area contributed by atoms with E-state index in [0.29, 0.717) is 19.6 Å². The Kier molecular flexibility index (Phi) is 8.20. The second-order valence-corrected chi connectivity index (χ2v) is 5.62. The van der Waals surface area contributed by atoms with E-state index in [4.69, 9.17) is 14.2 Å². The Morgan fingerprint density at radius 3 is 2.22 bits per heavy atom. The van der Waals surface area contributed by atoms with E-state index in [1.54, 1.807) is 0 Å². The van der Waals surface area contributed by atoms with Gasteiger partial charge in [-0.2, -0.15) is 0 Å². The molecule has 108 valence electrons. The predicted octanol–water partition coefficient (Wildman–Crippen LogP) is 2.94. The zero-order chi connectivity index (χ0) is 14.2. The molecule has 2 atom stereocenters. The first-order valence-corrected chi connectivity index (χ1v) is 6.69. The van der Waals surface area contributed by atoms with Gasteiger partial charge in [0.1, 0.15) is 6.10 Å². The fourth-order valence-electron chi connectivity index (χ4n) is 1.24. The van der Waals surface area contributed by atoms with Gasteiger partial charge >= 0.3 is 5.97 Å². The number of carbonyl (C=O) groups is 1. The summed E-state index contributed by atoms with van der Waals surface area (Å²) in [6.07, 6.45) is 1.06. The second kappa shape index (κ2) is 8.48. The average molecular weight is 260 g/mol. The summed E-state index contributed by atoms with van der Waals surface area (Å²) in [4.78, 5) is 11.3. The third-order valence-electron chi connectivity index (χ3n) is 2.15. The van der Waals surface area contributed by atoms with Crippen LogP contribution in [0.25, 0.3) is 0 Å². The second-order valence-electron chi connectivity index (χ2n) is 5.62. The Balaban J connectivity index is 3.71. The molecule has 0 aromatic rings. The average Bonchev–Trinajstić information content (AvgIpc) is 2.22. The topological polar surface area (TPSA) is 44.8 Å². The molecule has 0 saturated carbocycles. The SMILES string of the molecule is CCCC(=O)OC(C)COC(C)COC(C)(C)C. The molecule has 0 aliphatic rings. The lowest BCUT2D eigenvalue weighted by atomic mass is 10.2. The Morgan fingerprint density at radius 1 is 1.11 bits per heavy atom. The molecule has 2 unspecified atom stereocenters. The van der Waals surface area contributed by atoms with Crippen LogP contribution in [-0.4, -0.2) is 37.0 Å². The zero-order valence-electron chi connectivity index (χ0n) is 12.6. The van der Waals surface area contributed by atoms with E-state index in [0.717, 1.165) is 6.42 Å². The van der Waals surface area contributed by atoms with Gasteiger partial charge in [0, 0.05) is 6.42 Å². The number of ether oxygens (including phenoxy) is 3. The predicted molar refractivity (Wildman–Crippen MR) is 71.6 cm³/mol. The highest BCUT2D eigenvalue weighted by atomic mass is 16.6. The maximum absolute atomic E-state index is 11.3. The fourth-order valence-corrected chi connectivity index (χ4v) is 1.24. The van der Waals surface area contributed by atoms with Gasteiger partial charge in [0.05, 0.1) is 24.9 Å². The first-order valence-electron chi connectivity index (χ1n) is 6.69. The molecule has 0 heterocycles. The lowest BCUT2D eigenvalue weighted by Crippen LogP contribution is -2.29. The lowest BCUT2D eigenvalue weighted by Gasteiger charge is -2.23. The minimum atomic E-state index is -0.207. The van der Waals surface area contributed by atoms with Crippen molar-refractivity contribution in [2.75, 3.05) is 13.2 Å². The van der Waals surface area contributed by atoms with Crippen LogP contribution in [0.2, 0.25) is 0 Å². The molecule has 0 aromatic heterocycles. The van der Waals surface area contributed by atoms with Crippen molar-refractivity contribution in [2.45, 2.75) is 72.2 Å². The van der Waals surface area contributed by atoms with Crippen LogP contribution in [0.4, 0.5) is 0 Å². The van der Waals surface area contributed by atoms with E-state index in [1.807, 2.05) is 41.5 Å². The van der Waals surface area contributed by atoms with Crippen molar-refractivity contribution in [3.8, 4) is 0 Å². The zero-order valence-corrected chi connectivity index (χ0v) is 12.6. The number of carbonyl (C=O) groups excluding carboxylic acids is 1. The molecule has 0 bridgehead atoms. The van der Waals surface area contributed by atoms with Crippen LogP contribution in [0.3, 0.4) is 0 Å². The highest BCUT2D eigenvalue weighted by molar-refractivity contribution is 5.69. The first-order chi connectivity index (χ1) is 8.24. The molecule has 18 heavy (non-hydrogen) atoms. The van der Waals surface area contributed by atoms with Crippen LogP contribution >= 0.6 is 0 Å². The Labute approximate surface area is 111 Å². The van der Waals surface area contributed by atoms with Crippen LogP contribution in [0.15, 0.2) is 0 Å². The van der Waals surface area contributed by atoms with Gasteiger partial charge in [-0.15, -0.1) is 0 Å². The summed E-state index contributed by atoms with van der Waals surface area (Å²) in [5, 5.41) is 0. The van der Waals surface area contributed by atoms with E-state index >= 15 is 0 Å². The molecule has 4 nitrogen and oxygen atoms in total. The van der Waals surface area contributed by atoms with Crippen molar-refractivity contribution >= 4 is 5.97 Å². The smallest absolute Gasteiger partial charge is 0.306 e. The van der Waals surface area contributed by atoms with Crippen molar-refractivity contribution in [1.82, 2.24) is 0 Å². The van der Waals surface area contributed by atoms with Gasteiger partial charge in [0.15, 0.2) is 0 Å². The minimum Gasteiger partial charge on any atom is -0.460 e. The van der Waals surface area contributed by atoms with E-state index < -0.39 is 0 Å².